The molecule has 13 heteroatoms. The average Bonchev–Trinajstić information content (AvgIpc) is 2.73. The number of nitrogens with one attached hydrogen (secondary N) is 2. The van der Waals surface area contributed by atoms with Gasteiger partial charge >= 0.3 is 12.3 Å². The highest BCUT2D eigenvalue weighted by molar-refractivity contribution is 6.30. The summed E-state index contributed by atoms with van der Waals surface area (Å²) >= 11 is 5.57. The molecule has 0 radical (unpaired) electrons. The minimum Gasteiger partial charge on any atom is -0.484 e. The smallest absolute Gasteiger partial charge is 0.408 e. The van der Waals surface area contributed by atoms with E-state index in [1.54, 1.807) is 0 Å². The molecule has 0 bridgehead atoms. The minimum absolute atomic E-state index is 0.00165. The van der Waals surface area contributed by atoms with Crippen LogP contribution in [0.5, 0.6) is 5.75 Å². The molecule has 2 atom stereocenters. The monoisotopic (exact) mass is 497 g/mol. The van der Waals surface area contributed by atoms with Crippen LogP contribution < -0.4 is 15.4 Å². The number of alkyl halides is 3. The van der Waals surface area contributed by atoms with Gasteiger partial charge in [0.25, 0.3) is 5.91 Å². The first kappa shape index (κ1) is 26.5. The summed E-state index contributed by atoms with van der Waals surface area (Å²) < 4.78 is 55.0. The Hall–Kier alpha value is -2.76. The van der Waals surface area contributed by atoms with Crippen molar-refractivity contribution in [1.29, 1.82) is 0 Å². The largest absolute Gasteiger partial charge is 0.484 e. The van der Waals surface area contributed by atoms with Gasteiger partial charge in [-0.05, 0) is 37.8 Å². The van der Waals surface area contributed by atoms with E-state index in [2.05, 4.69) is 10.6 Å². The Morgan fingerprint density at radius 3 is 2.58 bits per heavy atom. The highest BCUT2D eigenvalue weighted by Gasteiger charge is 2.36. The van der Waals surface area contributed by atoms with Crippen LogP contribution in [0.25, 0.3) is 0 Å². The van der Waals surface area contributed by atoms with Crippen molar-refractivity contribution in [3.63, 3.8) is 0 Å². The van der Waals surface area contributed by atoms with E-state index >= 15 is 0 Å². The molecule has 33 heavy (non-hydrogen) atoms. The maximum absolute atomic E-state index is 13.4. The quantitative estimate of drug-likeness (QED) is 0.358. The summed E-state index contributed by atoms with van der Waals surface area (Å²) in [5, 5.41) is 14.4. The van der Waals surface area contributed by atoms with E-state index in [-0.39, 0.29) is 43.1 Å². The molecule has 0 unspecified atom stereocenters. The van der Waals surface area contributed by atoms with Crippen LogP contribution in [0.15, 0.2) is 18.2 Å². The summed E-state index contributed by atoms with van der Waals surface area (Å²) in [6.45, 7) is -0.586. The molecule has 1 heterocycles. The number of amides is 3. The maximum Gasteiger partial charge on any atom is 0.408 e. The third kappa shape index (κ3) is 8.95. The number of benzene rings is 1. The second kappa shape index (κ2) is 11.9. The predicted molar refractivity (Wildman–Crippen MR) is 110 cm³/mol. The topological polar surface area (TPSA) is 108 Å². The number of hydrogen-bond donors (Lipinski definition) is 3. The van der Waals surface area contributed by atoms with Gasteiger partial charge in [0.2, 0.25) is 5.91 Å². The van der Waals surface area contributed by atoms with Crippen LogP contribution in [-0.2, 0) is 9.59 Å². The van der Waals surface area contributed by atoms with Crippen molar-refractivity contribution < 1.29 is 41.8 Å². The van der Waals surface area contributed by atoms with E-state index in [0.29, 0.717) is 6.42 Å². The third-order valence-corrected chi connectivity index (χ3v) is 5.25. The van der Waals surface area contributed by atoms with Gasteiger partial charge in [0.15, 0.2) is 6.61 Å². The van der Waals surface area contributed by atoms with Crippen LogP contribution in [0.4, 0.5) is 22.4 Å². The van der Waals surface area contributed by atoms with E-state index in [4.69, 9.17) is 16.3 Å². The van der Waals surface area contributed by atoms with E-state index < -0.39 is 55.0 Å². The van der Waals surface area contributed by atoms with Crippen molar-refractivity contribution in [2.45, 2.75) is 50.4 Å². The van der Waals surface area contributed by atoms with Gasteiger partial charge < -0.3 is 20.5 Å². The first-order valence-corrected chi connectivity index (χ1v) is 10.6. The lowest BCUT2D eigenvalue weighted by atomic mass is 9.97. The number of hydrogen-bond acceptors (Lipinski definition) is 4. The maximum atomic E-state index is 13.4. The lowest BCUT2D eigenvalue weighted by Gasteiger charge is -2.37. The normalized spacial score (nSPS) is 18.5. The fourth-order valence-electron chi connectivity index (χ4n) is 3.34. The molecular weight excluding hydrogens is 474 g/mol. The van der Waals surface area contributed by atoms with Gasteiger partial charge in [-0.15, -0.1) is 0 Å². The molecule has 184 valence electrons. The molecule has 2 rings (SSSR count). The number of ether oxygens (including phenoxy) is 1. The third-order valence-electron chi connectivity index (χ3n) is 4.94. The zero-order valence-corrected chi connectivity index (χ0v) is 18.2. The van der Waals surface area contributed by atoms with E-state index in [9.17, 15) is 37.1 Å². The number of halogens is 5. The first-order valence-electron chi connectivity index (χ1n) is 10.2. The van der Waals surface area contributed by atoms with Crippen molar-refractivity contribution in [2.75, 3.05) is 19.7 Å². The average molecular weight is 498 g/mol. The number of nitrogens with zero attached hydrogens (tertiary/aromatic N) is 1. The van der Waals surface area contributed by atoms with Crippen molar-refractivity contribution in [3.8, 4) is 5.75 Å². The molecule has 1 fully saturated rings. The highest BCUT2D eigenvalue weighted by atomic mass is 35.5. The molecule has 1 saturated heterocycles. The number of piperidine rings is 1. The summed E-state index contributed by atoms with van der Waals surface area (Å²) in [5.41, 5.74) is 0. The molecule has 0 saturated carbocycles. The van der Waals surface area contributed by atoms with Crippen molar-refractivity contribution in [3.05, 3.63) is 29.0 Å². The summed E-state index contributed by atoms with van der Waals surface area (Å²) in [5.74, 6) is -1.77. The number of carbonyl (C=O) groups excluding carboxylic acids is 2. The summed E-state index contributed by atoms with van der Waals surface area (Å²) in [7, 11) is 0. The van der Waals surface area contributed by atoms with Crippen LogP contribution in [0.3, 0.4) is 0 Å². The van der Waals surface area contributed by atoms with E-state index in [0.717, 1.165) is 11.0 Å². The molecule has 3 amide bonds. The van der Waals surface area contributed by atoms with Gasteiger partial charge in [-0.2, -0.15) is 13.2 Å². The molecule has 1 aromatic carbocycles. The lowest BCUT2D eigenvalue weighted by Crippen LogP contribution is -2.58. The zero-order valence-electron chi connectivity index (χ0n) is 17.5. The van der Waals surface area contributed by atoms with Gasteiger partial charge in [0.1, 0.15) is 17.6 Å². The Morgan fingerprint density at radius 2 is 1.94 bits per heavy atom. The van der Waals surface area contributed by atoms with Gasteiger partial charge in [0.05, 0.1) is 5.02 Å². The fraction of sp³-hybridized carbons (Fsp3) is 0.550. The second-order valence-corrected chi connectivity index (χ2v) is 7.93. The van der Waals surface area contributed by atoms with Crippen LogP contribution in [0.1, 0.15) is 32.1 Å². The highest BCUT2D eigenvalue weighted by Crippen LogP contribution is 2.23. The van der Waals surface area contributed by atoms with Gasteiger partial charge in [0, 0.05) is 31.6 Å². The number of carboxylic acid groups (broad SMARTS) is 1. The molecule has 1 aliphatic heterocycles. The summed E-state index contributed by atoms with van der Waals surface area (Å²) in [6.07, 6.45) is -6.18. The van der Waals surface area contributed by atoms with Crippen molar-refractivity contribution >= 4 is 29.5 Å². The number of unbranched alkanes of at least 4 members (excludes halogenated alkanes) is 1. The molecule has 3 N–H and O–H groups in total. The molecule has 8 nitrogen and oxygen atoms in total. The number of carbonyl (C=O) groups is 3. The number of likely N-dealkylation sites (tertiary alicyclic amines) is 1. The van der Waals surface area contributed by atoms with Gasteiger partial charge in [-0.3, -0.25) is 14.5 Å². The van der Waals surface area contributed by atoms with Crippen LogP contribution in [0.2, 0.25) is 5.02 Å². The molecular formula is C20H24ClF4N3O5. The van der Waals surface area contributed by atoms with Gasteiger partial charge in [-0.1, -0.05) is 11.6 Å². The lowest BCUT2D eigenvalue weighted by molar-refractivity contribution is -0.135. The molecule has 0 spiro atoms. The Morgan fingerprint density at radius 1 is 1.21 bits per heavy atom. The Bertz CT molecular complexity index is 855. The van der Waals surface area contributed by atoms with Crippen molar-refractivity contribution in [1.82, 2.24) is 15.5 Å². The molecule has 1 aromatic rings. The first-order chi connectivity index (χ1) is 15.5. The van der Waals surface area contributed by atoms with E-state index in [1.807, 2.05) is 0 Å². The Balaban J connectivity index is 1.79. The molecule has 1 aliphatic rings. The minimum atomic E-state index is -4.26. The number of rotatable bonds is 9. The fourth-order valence-corrected chi connectivity index (χ4v) is 3.45. The summed E-state index contributed by atoms with van der Waals surface area (Å²) in [6, 6.07) is 2.10. The van der Waals surface area contributed by atoms with E-state index in [1.165, 1.54) is 12.1 Å². The van der Waals surface area contributed by atoms with Gasteiger partial charge in [-0.25, -0.2) is 9.18 Å². The molecule has 0 aliphatic carbocycles. The van der Waals surface area contributed by atoms with Crippen LogP contribution >= 0.6 is 11.6 Å². The van der Waals surface area contributed by atoms with Crippen LogP contribution in [0, 0.1) is 5.82 Å². The SMILES string of the molecule is O=C(COc1ccc(Cl)c(F)c1)N[C@H]1CC[C@H](C(=O)NCCCCC(F)(F)F)N(C(=O)O)C1. The standard InChI is InChI=1S/C20H24ClF4N3O5/c21-14-5-4-13(9-15(14)22)33-11-17(29)27-12-3-6-16(28(10-12)19(31)32)18(30)26-8-2-1-7-20(23,24)25/h4-5,9,12,16H,1-3,6-8,10-11H2,(H,26,30)(H,27,29)(H,31,32)/t12-,16+/m0/s1. The van der Waals surface area contributed by atoms with Crippen molar-refractivity contribution in [2.24, 2.45) is 0 Å². The predicted octanol–water partition coefficient (Wildman–Crippen LogP) is 3.33. The zero-order chi connectivity index (χ0) is 24.6. The Labute approximate surface area is 192 Å². The van der Waals surface area contributed by atoms with Crippen LogP contribution in [-0.4, -0.2) is 65.9 Å². The summed E-state index contributed by atoms with van der Waals surface area (Å²) in [4.78, 5) is 36.9. The second-order valence-electron chi connectivity index (χ2n) is 7.52. The molecule has 0 aromatic heterocycles. The Kier molecular flexibility index (Phi) is 9.56.